The molecule has 5 heteroatoms. The fraction of sp³-hybridized carbons (Fsp3) is 0.333. The number of rotatable bonds is 3. The quantitative estimate of drug-likeness (QED) is 0.648. The van der Waals surface area contributed by atoms with Gasteiger partial charge in [0, 0.05) is 23.6 Å². The van der Waals surface area contributed by atoms with E-state index in [4.69, 9.17) is 14.5 Å². The SMILES string of the molecule is CCN1C(=O)c2cc3cc(OC)c(OC)cc3nc2-c2cccc3c2[C@@H]1CCC3. The van der Waals surface area contributed by atoms with Gasteiger partial charge in [0.2, 0.25) is 0 Å². The second-order valence-corrected chi connectivity index (χ2v) is 7.66. The standard InChI is InChI=1S/C24H24N2O3/c1-4-26-19-10-6-8-14-7-5-9-16(22(14)19)23-17(24(26)27)11-15-12-20(28-2)21(29-3)13-18(15)25-23/h5,7,9,11-13,19H,4,6,8,10H2,1-3H3/t19-/m0/s1. The minimum Gasteiger partial charge on any atom is -0.493 e. The molecule has 1 amide bonds. The van der Waals surface area contributed by atoms with Crippen molar-refractivity contribution in [1.29, 1.82) is 0 Å². The highest BCUT2D eigenvalue weighted by Crippen LogP contribution is 2.45. The van der Waals surface area contributed by atoms with Crippen molar-refractivity contribution in [3.8, 4) is 22.8 Å². The molecule has 2 aliphatic rings. The van der Waals surface area contributed by atoms with E-state index in [2.05, 4.69) is 25.1 Å². The van der Waals surface area contributed by atoms with E-state index >= 15 is 0 Å². The van der Waals surface area contributed by atoms with Crippen LogP contribution < -0.4 is 9.47 Å². The Morgan fingerprint density at radius 1 is 1.10 bits per heavy atom. The molecule has 1 aliphatic carbocycles. The Morgan fingerprint density at radius 2 is 1.90 bits per heavy atom. The molecule has 0 N–H and O–H groups in total. The van der Waals surface area contributed by atoms with Crippen molar-refractivity contribution >= 4 is 16.8 Å². The molecular formula is C24H24N2O3. The summed E-state index contributed by atoms with van der Waals surface area (Å²) in [6.45, 7) is 2.74. The summed E-state index contributed by atoms with van der Waals surface area (Å²) in [5.41, 5.74) is 5.93. The third-order valence-corrected chi connectivity index (χ3v) is 6.24. The van der Waals surface area contributed by atoms with Crippen molar-refractivity contribution < 1.29 is 14.3 Å². The third-order valence-electron chi connectivity index (χ3n) is 6.24. The van der Waals surface area contributed by atoms with Crippen LogP contribution in [0, 0.1) is 0 Å². The molecule has 2 aromatic carbocycles. The Kier molecular flexibility index (Phi) is 4.19. The van der Waals surface area contributed by atoms with Crippen molar-refractivity contribution in [3.05, 3.63) is 53.1 Å². The van der Waals surface area contributed by atoms with Gasteiger partial charge in [-0.1, -0.05) is 18.2 Å². The summed E-state index contributed by atoms with van der Waals surface area (Å²) < 4.78 is 10.9. The number of fused-ring (bicyclic) bond motifs is 3. The first-order chi connectivity index (χ1) is 14.2. The van der Waals surface area contributed by atoms with Gasteiger partial charge in [-0.15, -0.1) is 0 Å². The van der Waals surface area contributed by atoms with Crippen molar-refractivity contribution in [2.45, 2.75) is 32.2 Å². The average Bonchev–Trinajstić information content (AvgIpc) is 2.86. The lowest BCUT2D eigenvalue weighted by atomic mass is 9.83. The molecule has 0 spiro atoms. The average molecular weight is 388 g/mol. The predicted octanol–water partition coefficient (Wildman–Crippen LogP) is 4.77. The lowest BCUT2D eigenvalue weighted by Crippen LogP contribution is -2.35. The van der Waals surface area contributed by atoms with Crippen molar-refractivity contribution in [2.75, 3.05) is 20.8 Å². The summed E-state index contributed by atoms with van der Waals surface area (Å²) in [6.07, 6.45) is 3.16. The zero-order chi connectivity index (χ0) is 20.1. The summed E-state index contributed by atoms with van der Waals surface area (Å²) in [6, 6.07) is 12.3. The smallest absolute Gasteiger partial charge is 0.256 e. The Labute approximate surface area is 170 Å². The number of amides is 1. The normalized spacial score (nSPS) is 17.6. The summed E-state index contributed by atoms with van der Waals surface area (Å²) >= 11 is 0. The predicted molar refractivity (Wildman–Crippen MR) is 113 cm³/mol. The maximum atomic E-state index is 13.6. The van der Waals surface area contributed by atoms with Gasteiger partial charge in [0.05, 0.1) is 37.0 Å². The molecule has 2 heterocycles. The molecule has 0 fully saturated rings. The highest BCUT2D eigenvalue weighted by molar-refractivity contribution is 6.05. The Morgan fingerprint density at radius 3 is 2.66 bits per heavy atom. The second kappa shape index (κ2) is 6.76. The van der Waals surface area contributed by atoms with E-state index in [1.54, 1.807) is 14.2 Å². The molecule has 0 unspecified atom stereocenters. The van der Waals surface area contributed by atoms with Crippen molar-refractivity contribution in [3.63, 3.8) is 0 Å². The number of hydrogen-bond donors (Lipinski definition) is 0. The van der Waals surface area contributed by atoms with Crippen LogP contribution in [0.4, 0.5) is 0 Å². The van der Waals surface area contributed by atoms with E-state index in [0.29, 0.717) is 23.6 Å². The van der Waals surface area contributed by atoms with Crippen LogP contribution >= 0.6 is 0 Å². The van der Waals surface area contributed by atoms with Crippen LogP contribution in [0.3, 0.4) is 0 Å². The molecule has 0 saturated heterocycles. The summed E-state index contributed by atoms with van der Waals surface area (Å²) in [5, 5.41) is 0.872. The van der Waals surface area contributed by atoms with E-state index in [9.17, 15) is 4.79 Å². The molecule has 1 atom stereocenters. The van der Waals surface area contributed by atoms with E-state index in [0.717, 1.165) is 41.4 Å². The Hall–Kier alpha value is -3.08. The number of aryl methyl sites for hydroxylation is 1. The van der Waals surface area contributed by atoms with Crippen molar-refractivity contribution in [1.82, 2.24) is 9.88 Å². The first-order valence-corrected chi connectivity index (χ1v) is 10.2. The fourth-order valence-corrected chi connectivity index (χ4v) is 4.90. The van der Waals surface area contributed by atoms with E-state index in [1.165, 1.54) is 11.1 Å². The Bertz CT molecular complexity index is 1140. The van der Waals surface area contributed by atoms with Gasteiger partial charge in [0.25, 0.3) is 5.91 Å². The first kappa shape index (κ1) is 18.0. The monoisotopic (exact) mass is 388 g/mol. The summed E-state index contributed by atoms with van der Waals surface area (Å²) in [5.74, 6) is 1.32. The van der Waals surface area contributed by atoms with Crippen LogP contribution in [0.1, 0.15) is 47.3 Å². The molecule has 0 bridgehead atoms. The molecule has 1 aliphatic heterocycles. The van der Waals surface area contributed by atoms with Gasteiger partial charge in [-0.25, -0.2) is 4.98 Å². The van der Waals surface area contributed by atoms with E-state index in [1.807, 2.05) is 23.1 Å². The highest BCUT2D eigenvalue weighted by Gasteiger charge is 2.36. The molecule has 5 rings (SSSR count). The number of hydrogen-bond acceptors (Lipinski definition) is 4. The summed E-state index contributed by atoms with van der Waals surface area (Å²) in [7, 11) is 3.23. The number of ether oxygens (including phenoxy) is 2. The number of aromatic nitrogens is 1. The largest absolute Gasteiger partial charge is 0.493 e. The van der Waals surface area contributed by atoms with Gasteiger partial charge >= 0.3 is 0 Å². The molecule has 0 radical (unpaired) electrons. The summed E-state index contributed by atoms with van der Waals surface area (Å²) in [4.78, 5) is 20.6. The molecule has 29 heavy (non-hydrogen) atoms. The van der Waals surface area contributed by atoms with Crippen LogP contribution in [0.25, 0.3) is 22.2 Å². The van der Waals surface area contributed by atoms with Crippen LogP contribution in [-0.2, 0) is 6.42 Å². The Balaban J connectivity index is 1.84. The van der Waals surface area contributed by atoms with E-state index in [-0.39, 0.29) is 11.9 Å². The van der Waals surface area contributed by atoms with Gasteiger partial charge < -0.3 is 14.4 Å². The number of nitrogens with zero attached hydrogens (tertiary/aromatic N) is 2. The maximum Gasteiger partial charge on any atom is 0.256 e. The molecule has 5 nitrogen and oxygen atoms in total. The molecule has 148 valence electrons. The minimum atomic E-state index is 0.0562. The van der Waals surface area contributed by atoms with Crippen molar-refractivity contribution in [2.24, 2.45) is 0 Å². The van der Waals surface area contributed by atoms with Crippen LogP contribution in [0.2, 0.25) is 0 Å². The van der Waals surface area contributed by atoms with Gasteiger partial charge in [-0.3, -0.25) is 4.79 Å². The number of pyridine rings is 1. The van der Waals surface area contributed by atoms with Crippen LogP contribution in [0.15, 0.2) is 36.4 Å². The first-order valence-electron chi connectivity index (χ1n) is 10.2. The van der Waals surface area contributed by atoms with E-state index < -0.39 is 0 Å². The molecule has 0 saturated carbocycles. The molecular weight excluding hydrogens is 364 g/mol. The maximum absolute atomic E-state index is 13.6. The van der Waals surface area contributed by atoms with Crippen LogP contribution in [-0.4, -0.2) is 36.6 Å². The highest BCUT2D eigenvalue weighted by atomic mass is 16.5. The molecule has 3 aromatic rings. The number of carbonyl (C=O) groups excluding carboxylic acids is 1. The van der Waals surface area contributed by atoms with Gasteiger partial charge in [0.1, 0.15) is 0 Å². The number of methoxy groups -OCH3 is 2. The zero-order valence-electron chi connectivity index (χ0n) is 17.0. The molecule has 1 aromatic heterocycles. The minimum absolute atomic E-state index is 0.0562. The second-order valence-electron chi connectivity index (χ2n) is 7.66. The zero-order valence-corrected chi connectivity index (χ0v) is 17.0. The number of carbonyl (C=O) groups is 1. The topological polar surface area (TPSA) is 51.7 Å². The third kappa shape index (κ3) is 2.60. The van der Waals surface area contributed by atoms with Crippen LogP contribution in [0.5, 0.6) is 11.5 Å². The fourth-order valence-electron chi connectivity index (χ4n) is 4.90. The van der Waals surface area contributed by atoms with Gasteiger partial charge in [0.15, 0.2) is 11.5 Å². The van der Waals surface area contributed by atoms with Gasteiger partial charge in [-0.05, 0) is 49.4 Å². The lowest BCUT2D eigenvalue weighted by molar-refractivity contribution is 0.0675. The lowest BCUT2D eigenvalue weighted by Gasteiger charge is -2.34. The number of benzene rings is 2. The van der Waals surface area contributed by atoms with Gasteiger partial charge in [-0.2, -0.15) is 0 Å².